The van der Waals surface area contributed by atoms with Crippen molar-refractivity contribution in [2.75, 3.05) is 37.6 Å². The Hall–Kier alpha value is -1.68. The second-order valence-electron chi connectivity index (χ2n) is 10.5. The fourth-order valence-electron chi connectivity index (χ4n) is 6.77. The van der Waals surface area contributed by atoms with E-state index in [2.05, 4.69) is 22.0 Å². The Bertz CT molecular complexity index is 826. The summed E-state index contributed by atoms with van der Waals surface area (Å²) in [6.07, 6.45) is 13.9. The molecule has 0 unspecified atom stereocenters. The maximum atomic E-state index is 14.1. The van der Waals surface area contributed by atoms with Gasteiger partial charge in [-0.05, 0) is 106 Å². The molecule has 5 rings (SSSR count). The SMILES string of the molecule is CC(=O)CN1CC2(CCN(C[C@@H]3CC[C@H]4CC=C[C@@H](C4)C3)CC2)c2cc(F)ccc21. The molecule has 0 aromatic heterocycles. The Morgan fingerprint density at radius 2 is 2.03 bits per heavy atom. The number of carbonyl (C=O) groups is 1. The van der Waals surface area contributed by atoms with Gasteiger partial charge in [0.05, 0.1) is 6.54 Å². The normalized spacial score (nSPS) is 30.3. The van der Waals surface area contributed by atoms with Crippen molar-refractivity contribution >= 4 is 11.5 Å². The smallest absolute Gasteiger partial charge is 0.149 e. The highest BCUT2D eigenvalue weighted by atomic mass is 19.1. The molecule has 2 fully saturated rings. The van der Waals surface area contributed by atoms with Gasteiger partial charge in [0.1, 0.15) is 11.6 Å². The lowest BCUT2D eigenvalue weighted by Crippen LogP contribution is -2.46. The van der Waals surface area contributed by atoms with Gasteiger partial charge >= 0.3 is 0 Å². The number of nitrogens with zero attached hydrogens (tertiary/aromatic N) is 2. The number of carbonyl (C=O) groups excluding carboxylic acids is 1. The first kappa shape index (κ1) is 20.2. The van der Waals surface area contributed by atoms with E-state index in [0.717, 1.165) is 61.5 Å². The standard InChI is InChI=1S/C26H35FN2O/c1-19(30)16-29-18-26(24-15-23(27)7-8-25(24)29)9-11-28(12-10-26)17-22-6-5-20-3-2-4-21(13-20)14-22/h2,4,7-8,15,20-22H,3,5-6,9-14,16-18H2,1H3/t20-,21+,22-/m1/s1. The first-order valence-corrected chi connectivity index (χ1v) is 11.9. The molecule has 2 aliphatic carbocycles. The van der Waals surface area contributed by atoms with Crippen molar-refractivity contribution in [2.45, 2.75) is 57.3 Å². The van der Waals surface area contributed by atoms with Crippen LogP contribution in [0.3, 0.4) is 0 Å². The van der Waals surface area contributed by atoms with E-state index >= 15 is 0 Å². The molecule has 1 aromatic carbocycles. The minimum absolute atomic E-state index is 0.00607. The lowest BCUT2D eigenvalue weighted by molar-refractivity contribution is -0.115. The number of benzene rings is 1. The number of fused-ring (bicyclic) bond motifs is 4. The Morgan fingerprint density at radius 1 is 1.20 bits per heavy atom. The molecule has 1 saturated heterocycles. The van der Waals surface area contributed by atoms with Crippen LogP contribution in [0, 0.1) is 23.6 Å². The second-order valence-corrected chi connectivity index (χ2v) is 10.5. The molecule has 0 N–H and O–H groups in total. The third-order valence-corrected chi connectivity index (χ3v) is 8.24. The summed E-state index contributed by atoms with van der Waals surface area (Å²) in [5, 5.41) is 0. The van der Waals surface area contributed by atoms with Crippen molar-refractivity contribution in [3.8, 4) is 0 Å². The molecule has 30 heavy (non-hydrogen) atoms. The fourth-order valence-corrected chi connectivity index (χ4v) is 6.77. The monoisotopic (exact) mass is 410 g/mol. The van der Waals surface area contributed by atoms with Gasteiger partial charge in [-0.25, -0.2) is 4.39 Å². The van der Waals surface area contributed by atoms with Crippen molar-refractivity contribution in [3.05, 3.63) is 41.7 Å². The molecule has 2 heterocycles. The summed E-state index contributed by atoms with van der Waals surface area (Å²) < 4.78 is 14.1. The maximum Gasteiger partial charge on any atom is 0.149 e. The molecule has 1 saturated carbocycles. The van der Waals surface area contributed by atoms with Crippen LogP contribution in [0.1, 0.15) is 57.4 Å². The first-order chi connectivity index (χ1) is 14.5. The van der Waals surface area contributed by atoms with E-state index in [9.17, 15) is 9.18 Å². The van der Waals surface area contributed by atoms with Gasteiger partial charge in [-0.15, -0.1) is 0 Å². The largest absolute Gasteiger partial charge is 0.363 e. The van der Waals surface area contributed by atoms with Gasteiger partial charge in [-0.3, -0.25) is 4.79 Å². The van der Waals surface area contributed by atoms with Crippen LogP contribution >= 0.6 is 0 Å². The van der Waals surface area contributed by atoms with Crippen LogP contribution in [-0.2, 0) is 10.2 Å². The lowest BCUT2D eigenvalue weighted by Gasteiger charge is -2.41. The van der Waals surface area contributed by atoms with Crippen LogP contribution in [-0.4, -0.2) is 43.4 Å². The molecule has 3 atom stereocenters. The highest BCUT2D eigenvalue weighted by Gasteiger charge is 2.45. The predicted octanol–water partition coefficient (Wildman–Crippen LogP) is 4.95. The molecular weight excluding hydrogens is 375 g/mol. The zero-order valence-electron chi connectivity index (χ0n) is 18.3. The number of piperidine rings is 1. The van der Waals surface area contributed by atoms with E-state index in [4.69, 9.17) is 0 Å². The minimum Gasteiger partial charge on any atom is -0.363 e. The molecule has 162 valence electrons. The van der Waals surface area contributed by atoms with Crippen LogP contribution < -0.4 is 4.90 Å². The third-order valence-electron chi connectivity index (χ3n) is 8.24. The van der Waals surface area contributed by atoms with E-state index in [0.29, 0.717) is 6.54 Å². The Morgan fingerprint density at radius 3 is 2.83 bits per heavy atom. The van der Waals surface area contributed by atoms with Crippen LogP contribution in [0.2, 0.25) is 0 Å². The average Bonchev–Trinajstić information content (AvgIpc) is 2.91. The number of anilines is 1. The molecule has 1 aromatic rings. The van der Waals surface area contributed by atoms with E-state index in [1.165, 1.54) is 44.7 Å². The van der Waals surface area contributed by atoms with E-state index in [-0.39, 0.29) is 17.0 Å². The maximum absolute atomic E-state index is 14.1. The topological polar surface area (TPSA) is 23.6 Å². The average molecular weight is 411 g/mol. The summed E-state index contributed by atoms with van der Waals surface area (Å²) in [7, 11) is 0. The predicted molar refractivity (Wildman–Crippen MR) is 119 cm³/mol. The highest BCUT2D eigenvalue weighted by molar-refractivity contribution is 5.82. The number of hydrogen-bond acceptors (Lipinski definition) is 3. The van der Waals surface area contributed by atoms with Gasteiger partial charge in [-0.1, -0.05) is 12.2 Å². The molecule has 0 radical (unpaired) electrons. The van der Waals surface area contributed by atoms with Crippen molar-refractivity contribution in [2.24, 2.45) is 17.8 Å². The number of allylic oxidation sites excluding steroid dienone is 2. The van der Waals surface area contributed by atoms with E-state index < -0.39 is 0 Å². The summed E-state index contributed by atoms with van der Waals surface area (Å²) in [6.45, 7) is 6.34. The number of likely N-dealkylation sites (tertiary alicyclic amines) is 1. The lowest BCUT2D eigenvalue weighted by atomic mass is 9.74. The van der Waals surface area contributed by atoms with Gasteiger partial charge < -0.3 is 9.80 Å². The summed E-state index contributed by atoms with van der Waals surface area (Å²) >= 11 is 0. The number of rotatable bonds is 4. The third kappa shape index (κ3) is 3.95. The number of hydrogen-bond donors (Lipinski definition) is 0. The zero-order chi connectivity index (χ0) is 20.7. The quantitative estimate of drug-likeness (QED) is 0.656. The molecule has 0 amide bonds. The number of ketones is 1. The Balaban J connectivity index is 1.26. The first-order valence-electron chi connectivity index (χ1n) is 11.9. The van der Waals surface area contributed by atoms with Crippen LogP contribution in [0.4, 0.5) is 10.1 Å². The molecule has 2 bridgehead atoms. The summed E-state index contributed by atoms with van der Waals surface area (Å²) in [5.74, 6) is 2.56. The van der Waals surface area contributed by atoms with Gasteiger partial charge in [0.2, 0.25) is 0 Å². The van der Waals surface area contributed by atoms with E-state index in [1.54, 1.807) is 13.0 Å². The molecule has 1 spiro atoms. The molecular formula is C26H35FN2O. The van der Waals surface area contributed by atoms with E-state index in [1.807, 2.05) is 6.07 Å². The van der Waals surface area contributed by atoms with Gasteiger partial charge in [0, 0.05) is 24.2 Å². The Kier molecular flexibility index (Phi) is 5.47. The molecule has 4 heteroatoms. The second kappa shape index (κ2) is 8.11. The van der Waals surface area contributed by atoms with Crippen LogP contribution in [0.25, 0.3) is 0 Å². The van der Waals surface area contributed by atoms with Crippen molar-refractivity contribution in [1.29, 1.82) is 0 Å². The number of Topliss-reactive ketones (excluding diaryl/α,β-unsaturated/α-hetero) is 1. The molecule has 3 nitrogen and oxygen atoms in total. The molecule has 4 aliphatic rings. The van der Waals surface area contributed by atoms with Crippen molar-refractivity contribution < 1.29 is 9.18 Å². The van der Waals surface area contributed by atoms with Gasteiger partial charge in [-0.2, -0.15) is 0 Å². The van der Waals surface area contributed by atoms with Crippen LogP contribution in [0.15, 0.2) is 30.4 Å². The fraction of sp³-hybridized carbons (Fsp3) is 0.654. The summed E-state index contributed by atoms with van der Waals surface area (Å²) in [4.78, 5) is 16.7. The Labute approximate surface area is 180 Å². The van der Waals surface area contributed by atoms with Crippen LogP contribution in [0.5, 0.6) is 0 Å². The number of halogens is 1. The summed E-state index contributed by atoms with van der Waals surface area (Å²) in [6, 6.07) is 5.16. The molecule has 2 aliphatic heterocycles. The van der Waals surface area contributed by atoms with Crippen molar-refractivity contribution in [1.82, 2.24) is 4.90 Å². The summed E-state index contributed by atoms with van der Waals surface area (Å²) in [5.41, 5.74) is 2.21. The zero-order valence-corrected chi connectivity index (χ0v) is 18.3. The minimum atomic E-state index is -0.155. The van der Waals surface area contributed by atoms with Crippen molar-refractivity contribution in [3.63, 3.8) is 0 Å². The van der Waals surface area contributed by atoms with Gasteiger partial charge in [0.25, 0.3) is 0 Å². The highest BCUT2D eigenvalue weighted by Crippen LogP contribution is 2.47. The van der Waals surface area contributed by atoms with Gasteiger partial charge in [0.15, 0.2) is 0 Å².